The minimum Gasteiger partial charge on any atom is -0.348 e. The molecule has 2 aromatic heterocycles. The summed E-state index contributed by atoms with van der Waals surface area (Å²) >= 11 is 0. The molecule has 9 heteroatoms. The summed E-state index contributed by atoms with van der Waals surface area (Å²) in [6.45, 7) is 4.08. The number of halogens is 3. The Hall–Kier alpha value is -3.72. The maximum atomic E-state index is 13.6. The molecule has 2 fully saturated rings. The third-order valence-corrected chi connectivity index (χ3v) is 8.09. The minimum atomic E-state index is -4.44. The van der Waals surface area contributed by atoms with Gasteiger partial charge in [-0.15, -0.1) is 0 Å². The van der Waals surface area contributed by atoms with Crippen molar-refractivity contribution in [1.82, 2.24) is 24.4 Å². The van der Waals surface area contributed by atoms with Crippen LogP contribution in [0.5, 0.6) is 0 Å². The van der Waals surface area contributed by atoms with Gasteiger partial charge < -0.3 is 14.8 Å². The summed E-state index contributed by atoms with van der Waals surface area (Å²) < 4.78 is 43.0. The number of anilines is 1. The van der Waals surface area contributed by atoms with E-state index in [0.29, 0.717) is 28.6 Å². The normalized spacial score (nSPS) is 17.6. The van der Waals surface area contributed by atoms with Crippen molar-refractivity contribution in [1.29, 1.82) is 0 Å². The molecule has 1 saturated heterocycles. The number of hydrogen-bond donors (Lipinski definition) is 1. The van der Waals surface area contributed by atoms with Gasteiger partial charge in [0, 0.05) is 30.8 Å². The molecule has 0 radical (unpaired) electrons. The molecule has 1 atom stereocenters. The predicted octanol–water partition coefficient (Wildman–Crippen LogP) is 7.08. The number of aromatic nitrogens is 4. The summed E-state index contributed by atoms with van der Waals surface area (Å²) in [6.07, 6.45) is 1.76. The second-order valence-electron chi connectivity index (χ2n) is 10.9. The van der Waals surface area contributed by atoms with E-state index in [0.717, 1.165) is 49.4 Å². The lowest BCUT2D eigenvalue weighted by atomic mass is 9.96. The Morgan fingerprint density at radius 3 is 2.38 bits per heavy atom. The van der Waals surface area contributed by atoms with Crippen LogP contribution in [-0.4, -0.2) is 43.6 Å². The maximum Gasteiger partial charge on any atom is 0.416 e. The number of imidazole rings is 1. The number of hydrogen-bond acceptors (Lipinski definition) is 5. The first-order chi connectivity index (χ1) is 19.3. The van der Waals surface area contributed by atoms with E-state index in [4.69, 9.17) is 9.97 Å². The summed E-state index contributed by atoms with van der Waals surface area (Å²) in [4.78, 5) is 16.8. The van der Waals surface area contributed by atoms with Gasteiger partial charge in [-0.2, -0.15) is 13.2 Å². The summed E-state index contributed by atoms with van der Waals surface area (Å²) in [6, 6.07) is 17.9. The van der Waals surface area contributed by atoms with E-state index in [1.807, 2.05) is 48.9 Å². The molecule has 2 aliphatic rings. The molecule has 6 nitrogen and oxygen atoms in total. The molecule has 1 aliphatic carbocycles. The molecule has 4 aromatic rings. The molecule has 2 aromatic carbocycles. The standard InChI is InChI=1S/C31H33F3N6/c1-20(21-7-4-3-5-8-21)36-30-35-16-13-26(37-30)28-27(23-9-6-10-24(19-23)31(32,33)34)38-29(39(28)2)22-14-17-40(18-15-22)25-11-12-25/h3-10,13,16,19-20,22,25H,11-12,14-15,17-18H2,1-2H3,(H,35,36,37)/t20-/m0/s1. The molecule has 6 rings (SSSR count). The van der Waals surface area contributed by atoms with Crippen molar-refractivity contribution in [3.8, 4) is 22.6 Å². The lowest BCUT2D eigenvalue weighted by Gasteiger charge is -2.31. The Morgan fingerprint density at radius 1 is 0.925 bits per heavy atom. The van der Waals surface area contributed by atoms with Crippen molar-refractivity contribution < 1.29 is 13.2 Å². The highest BCUT2D eigenvalue weighted by molar-refractivity contribution is 5.78. The first-order valence-corrected chi connectivity index (χ1v) is 13.9. The van der Waals surface area contributed by atoms with Crippen molar-refractivity contribution in [3.63, 3.8) is 0 Å². The van der Waals surface area contributed by atoms with Crippen molar-refractivity contribution in [3.05, 3.63) is 83.8 Å². The second kappa shape index (κ2) is 10.7. The van der Waals surface area contributed by atoms with Gasteiger partial charge in [-0.3, -0.25) is 0 Å². The number of likely N-dealkylation sites (tertiary alicyclic amines) is 1. The van der Waals surface area contributed by atoms with Crippen LogP contribution in [0, 0.1) is 0 Å². The quantitative estimate of drug-likeness (QED) is 0.269. The maximum absolute atomic E-state index is 13.6. The zero-order chi connectivity index (χ0) is 27.9. The van der Waals surface area contributed by atoms with Crippen molar-refractivity contribution >= 4 is 5.95 Å². The number of benzene rings is 2. The van der Waals surface area contributed by atoms with Crippen molar-refractivity contribution in [2.45, 2.75) is 56.8 Å². The number of nitrogens with one attached hydrogen (secondary N) is 1. The summed E-state index contributed by atoms with van der Waals surface area (Å²) in [5, 5.41) is 3.36. The van der Waals surface area contributed by atoms with Gasteiger partial charge >= 0.3 is 6.18 Å². The third-order valence-electron chi connectivity index (χ3n) is 8.09. The lowest BCUT2D eigenvalue weighted by Crippen LogP contribution is -2.35. The van der Waals surface area contributed by atoms with E-state index < -0.39 is 11.7 Å². The van der Waals surface area contributed by atoms with E-state index in [1.165, 1.54) is 25.0 Å². The molecule has 1 N–H and O–H groups in total. The zero-order valence-corrected chi connectivity index (χ0v) is 22.7. The fourth-order valence-corrected chi connectivity index (χ4v) is 5.76. The Bertz CT molecular complexity index is 1470. The highest BCUT2D eigenvalue weighted by atomic mass is 19.4. The minimum absolute atomic E-state index is 0.0295. The average molecular weight is 547 g/mol. The molecule has 0 spiro atoms. The van der Waals surface area contributed by atoms with E-state index >= 15 is 0 Å². The summed E-state index contributed by atoms with van der Waals surface area (Å²) in [7, 11) is 1.95. The van der Waals surface area contributed by atoms with Crippen LogP contribution >= 0.6 is 0 Å². The van der Waals surface area contributed by atoms with Gasteiger partial charge in [0.05, 0.1) is 28.7 Å². The molecule has 1 saturated carbocycles. The Balaban J connectivity index is 1.38. The third kappa shape index (κ3) is 5.47. The molecular formula is C31H33F3N6. The van der Waals surface area contributed by atoms with Gasteiger partial charge in [0.25, 0.3) is 0 Å². The average Bonchev–Trinajstić information content (AvgIpc) is 3.76. The summed E-state index contributed by atoms with van der Waals surface area (Å²) in [5.74, 6) is 1.57. The lowest BCUT2D eigenvalue weighted by molar-refractivity contribution is -0.137. The predicted molar refractivity (Wildman–Crippen MR) is 150 cm³/mol. The van der Waals surface area contributed by atoms with Crippen LogP contribution in [0.25, 0.3) is 22.6 Å². The highest BCUT2D eigenvalue weighted by Gasteiger charge is 2.35. The summed E-state index contributed by atoms with van der Waals surface area (Å²) in [5.41, 5.74) is 2.64. The molecule has 3 heterocycles. The van der Waals surface area contributed by atoms with Crippen LogP contribution < -0.4 is 5.32 Å². The van der Waals surface area contributed by atoms with Crippen LogP contribution in [0.1, 0.15) is 61.5 Å². The Labute approximate surface area is 232 Å². The van der Waals surface area contributed by atoms with Crippen molar-refractivity contribution in [2.24, 2.45) is 7.05 Å². The SMILES string of the molecule is C[C@H](Nc1nccc(-c2c(-c3cccc(C(F)(F)F)c3)nc(C3CCN(C4CC4)CC3)n2C)n1)c1ccccc1. The van der Waals surface area contributed by atoms with Crippen LogP contribution in [0.2, 0.25) is 0 Å². The van der Waals surface area contributed by atoms with Gasteiger partial charge in [-0.25, -0.2) is 15.0 Å². The van der Waals surface area contributed by atoms with Crippen LogP contribution in [0.4, 0.5) is 19.1 Å². The van der Waals surface area contributed by atoms with E-state index in [1.54, 1.807) is 18.3 Å². The molecule has 40 heavy (non-hydrogen) atoms. The smallest absolute Gasteiger partial charge is 0.348 e. The van der Waals surface area contributed by atoms with E-state index in [9.17, 15) is 13.2 Å². The fraction of sp³-hybridized carbons (Fsp3) is 0.387. The van der Waals surface area contributed by atoms with Crippen LogP contribution in [0.3, 0.4) is 0 Å². The van der Waals surface area contributed by atoms with Crippen LogP contribution in [0.15, 0.2) is 66.9 Å². The molecule has 0 bridgehead atoms. The monoisotopic (exact) mass is 546 g/mol. The van der Waals surface area contributed by atoms with Gasteiger partial charge in [0.15, 0.2) is 0 Å². The van der Waals surface area contributed by atoms with Gasteiger partial charge in [-0.1, -0.05) is 42.5 Å². The first kappa shape index (κ1) is 26.5. The molecule has 1 aliphatic heterocycles. The molecule has 0 amide bonds. The highest BCUT2D eigenvalue weighted by Crippen LogP contribution is 2.40. The van der Waals surface area contributed by atoms with Crippen LogP contribution in [-0.2, 0) is 13.2 Å². The fourth-order valence-electron chi connectivity index (χ4n) is 5.76. The van der Waals surface area contributed by atoms with E-state index in [2.05, 4.69) is 15.2 Å². The largest absolute Gasteiger partial charge is 0.416 e. The van der Waals surface area contributed by atoms with Gasteiger partial charge in [0.1, 0.15) is 5.82 Å². The number of nitrogens with zero attached hydrogens (tertiary/aromatic N) is 5. The number of alkyl halides is 3. The van der Waals surface area contributed by atoms with Crippen molar-refractivity contribution in [2.75, 3.05) is 18.4 Å². The zero-order valence-electron chi connectivity index (χ0n) is 22.7. The molecular weight excluding hydrogens is 513 g/mol. The van der Waals surface area contributed by atoms with Gasteiger partial charge in [0.2, 0.25) is 5.95 Å². The Morgan fingerprint density at radius 2 is 1.68 bits per heavy atom. The van der Waals surface area contributed by atoms with Gasteiger partial charge in [-0.05, 0) is 69.5 Å². The second-order valence-corrected chi connectivity index (χ2v) is 10.9. The molecule has 208 valence electrons. The number of piperidine rings is 1. The Kier molecular flexibility index (Phi) is 7.08. The topological polar surface area (TPSA) is 58.9 Å². The molecule has 0 unspecified atom stereocenters. The number of rotatable bonds is 7. The van der Waals surface area contributed by atoms with E-state index in [-0.39, 0.29) is 12.0 Å². The first-order valence-electron chi connectivity index (χ1n) is 13.9.